The van der Waals surface area contributed by atoms with Gasteiger partial charge in [-0.05, 0) is 17.7 Å². The molecule has 0 unspecified atom stereocenters. The zero-order chi connectivity index (χ0) is 24.1. The fraction of sp³-hybridized carbons (Fsp3) is 0.250. The molecule has 0 aliphatic carbocycles. The maximum atomic E-state index is 14.6. The van der Waals surface area contributed by atoms with Crippen LogP contribution in [0.5, 0.6) is 0 Å². The summed E-state index contributed by atoms with van der Waals surface area (Å²) in [7, 11) is 3.10. The molecule has 9 nitrogen and oxygen atoms in total. The van der Waals surface area contributed by atoms with Gasteiger partial charge in [0, 0.05) is 62.2 Å². The van der Waals surface area contributed by atoms with Crippen molar-refractivity contribution in [3.8, 4) is 11.3 Å². The van der Waals surface area contributed by atoms with E-state index in [-0.39, 0.29) is 22.8 Å². The van der Waals surface area contributed by atoms with Crippen LogP contribution in [0.25, 0.3) is 22.2 Å². The SMILES string of the molecule is CNC(=O)c1ccnc2c([C@H](C)CNc3cc(-c4cnc(COC)nc4)ncn3)ccc(F)c12. The predicted molar refractivity (Wildman–Crippen MR) is 126 cm³/mol. The summed E-state index contributed by atoms with van der Waals surface area (Å²) in [6, 6.07) is 6.41. The molecule has 0 saturated carbocycles. The van der Waals surface area contributed by atoms with E-state index in [1.54, 1.807) is 25.6 Å². The number of anilines is 1. The van der Waals surface area contributed by atoms with Gasteiger partial charge in [-0.3, -0.25) is 9.78 Å². The summed E-state index contributed by atoms with van der Waals surface area (Å²) in [6.07, 6.45) is 6.37. The van der Waals surface area contributed by atoms with Crippen LogP contribution in [0.3, 0.4) is 0 Å². The monoisotopic (exact) mass is 461 g/mol. The summed E-state index contributed by atoms with van der Waals surface area (Å²) < 4.78 is 19.7. The van der Waals surface area contributed by atoms with Crippen LogP contribution in [0.4, 0.5) is 10.2 Å². The van der Waals surface area contributed by atoms with Gasteiger partial charge in [-0.2, -0.15) is 0 Å². The quantitative estimate of drug-likeness (QED) is 0.411. The van der Waals surface area contributed by atoms with Crippen LogP contribution in [0.1, 0.15) is 34.6 Å². The van der Waals surface area contributed by atoms with Gasteiger partial charge >= 0.3 is 0 Å². The van der Waals surface area contributed by atoms with Gasteiger partial charge in [-0.15, -0.1) is 0 Å². The lowest BCUT2D eigenvalue weighted by Crippen LogP contribution is -2.19. The van der Waals surface area contributed by atoms with E-state index in [9.17, 15) is 9.18 Å². The van der Waals surface area contributed by atoms with Crippen molar-refractivity contribution in [3.63, 3.8) is 0 Å². The van der Waals surface area contributed by atoms with Crippen molar-refractivity contribution in [1.82, 2.24) is 30.2 Å². The van der Waals surface area contributed by atoms with Crippen LogP contribution in [-0.4, -0.2) is 51.5 Å². The Labute approximate surface area is 195 Å². The molecule has 1 aromatic carbocycles. The second-order valence-corrected chi connectivity index (χ2v) is 7.69. The highest BCUT2D eigenvalue weighted by atomic mass is 19.1. The van der Waals surface area contributed by atoms with Crippen LogP contribution < -0.4 is 10.6 Å². The Morgan fingerprint density at radius 1 is 1.12 bits per heavy atom. The number of carbonyl (C=O) groups is 1. The highest BCUT2D eigenvalue weighted by molar-refractivity contribution is 6.06. The van der Waals surface area contributed by atoms with Crippen molar-refractivity contribution < 1.29 is 13.9 Å². The first kappa shape index (κ1) is 23.1. The van der Waals surface area contributed by atoms with Gasteiger partial charge in [-0.25, -0.2) is 24.3 Å². The molecule has 4 aromatic rings. The van der Waals surface area contributed by atoms with Gasteiger partial charge < -0.3 is 15.4 Å². The van der Waals surface area contributed by atoms with Gasteiger partial charge in [0.15, 0.2) is 5.82 Å². The molecule has 174 valence electrons. The molecular weight excluding hydrogens is 437 g/mol. The van der Waals surface area contributed by atoms with Gasteiger partial charge in [-0.1, -0.05) is 13.0 Å². The number of aromatic nitrogens is 5. The van der Waals surface area contributed by atoms with Gasteiger partial charge in [0.1, 0.15) is 24.6 Å². The summed E-state index contributed by atoms with van der Waals surface area (Å²) in [5.74, 6) is 0.327. The molecule has 34 heavy (non-hydrogen) atoms. The van der Waals surface area contributed by atoms with E-state index >= 15 is 0 Å². The number of hydrogen-bond acceptors (Lipinski definition) is 8. The molecule has 4 rings (SSSR count). The number of fused-ring (bicyclic) bond motifs is 1. The Balaban J connectivity index is 1.54. The zero-order valence-corrected chi connectivity index (χ0v) is 19.0. The molecule has 0 radical (unpaired) electrons. The third-order valence-electron chi connectivity index (χ3n) is 5.41. The lowest BCUT2D eigenvalue weighted by atomic mass is 9.95. The van der Waals surface area contributed by atoms with Gasteiger partial charge in [0.25, 0.3) is 5.91 Å². The number of halogens is 1. The van der Waals surface area contributed by atoms with Crippen molar-refractivity contribution in [2.24, 2.45) is 0 Å². The first-order valence-electron chi connectivity index (χ1n) is 10.7. The van der Waals surface area contributed by atoms with E-state index in [4.69, 9.17) is 4.74 Å². The topological polar surface area (TPSA) is 115 Å². The summed E-state index contributed by atoms with van der Waals surface area (Å²) in [5.41, 5.74) is 2.98. The minimum atomic E-state index is -0.482. The first-order valence-corrected chi connectivity index (χ1v) is 10.7. The summed E-state index contributed by atoms with van der Waals surface area (Å²) >= 11 is 0. The van der Waals surface area contributed by atoms with Crippen molar-refractivity contribution in [1.29, 1.82) is 0 Å². The molecule has 1 atom stereocenters. The normalized spacial score (nSPS) is 11.9. The first-order chi connectivity index (χ1) is 16.5. The molecule has 0 aliphatic rings. The highest BCUT2D eigenvalue weighted by Gasteiger charge is 2.18. The van der Waals surface area contributed by atoms with Crippen LogP contribution in [0, 0.1) is 5.82 Å². The maximum absolute atomic E-state index is 14.6. The Hall–Kier alpha value is -4.05. The van der Waals surface area contributed by atoms with E-state index in [1.165, 1.54) is 31.7 Å². The molecule has 0 spiro atoms. The molecule has 1 amide bonds. The molecule has 0 fully saturated rings. The Morgan fingerprint density at radius 2 is 1.91 bits per heavy atom. The minimum Gasteiger partial charge on any atom is -0.377 e. The Morgan fingerprint density at radius 3 is 2.65 bits per heavy atom. The summed E-state index contributed by atoms with van der Waals surface area (Å²) in [5, 5.41) is 6.06. The lowest BCUT2D eigenvalue weighted by molar-refractivity contribution is 0.0964. The second-order valence-electron chi connectivity index (χ2n) is 7.69. The van der Waals surface area contributed by atoms with E-state index in [0.717, 1.165) is 11.1 Å². The number of rotatable bonds is 8. The number of methoxy groups -OCH3 is 1. The Bertz CT molecular complexity index is 1310. The van der Waals surface area contributed by atoms with Gasteiger partial charge in [0.2, 0.25) is 0 Å². The average molecular weight is 462 g/mol. The molecule has 0 aliphatic heterocycles. The number of carbonyl (C=O) groups excluding carboxylic acids is 1. The number of benzene rings is 1. The number of hydrogen-bond donors (Lipinski definition) is 2. The van der Waals surface area contributed by atoms with E-state index < -0.39 is 5.82 Å². The van der Waals surface area contributed by atoms with Crippen LogP contribution in [0.2, 0.25) is 0 Å². The number of nitrogens with one attached hydrogen (secondary N) is 2. The van der Waals surface area contributed by atoms with Crippen LogP contribution in [-0.2, 0) is 11.3 Å². The summed E-state index contributed by atoms with van der Waals surface area (Å²) in [4.78, 5) is 33.7. The standard InChI is InChI=1S/C24H24FN7O2/c1-14(16-4-5-18(25)22-17(24(33)26-2)6-7-27-23(16)22)9-28-20-8-19(31-13-32-20)15-10-29-21(12-34-3)30-11-15/h4-8,10-11,13-14H,9,12H2,1-3H3,(H,26,33)(H,28,31,32)/t14-/m1/s1. The number of ether oxygens (including phenoxy) is 1. The number of nitrogens with zero attached hydrogens (tertiary/aromatic N) is 5. The van der Waals surface area contributed by atoms with Crippen LogP contribution in [0.15, 0.2) is 49.2 Å². The zero-order valence-electron chi connectivity index (χ0n) is 19.0. The molecule has 3 aromatic heterocycles. The third-order valence-corrected chi connectivity index (χ3v) is 5.41. The number of amides is 1. The van der Waals surface area contributed by atoms with Crippen LogP contribution >= 0.6 is 0 Å². The van der Waals surface area contributed by atoms with E-state index in [1.807, 2.05) is 13.0 Å². The molecule has 3 heterocycles. The third kappa shape index (κ3) is 4.81. The molecule has 0 saturated heterocycles. The highest BCUT2D eigenvalue weighted by Crippen LogP contribution is 2.29. The van der Waals surface area contributed by atoms with Crippen molar-refractivity contribution in [3.05, 3.63) is 72.0 Å². The van der Waals surface area contributed by atoms with E-state index in [2.05, 4.69) is 35.6 Å². The smallest absolute Gasteiger partial charge is 0.251 e. The fourth-order valence-corrected chi connectivity index (χ4v) is 3.64. The fourth-order valence-electron chi connectivity index (χ4n) is 3.64. The average Bonchev–Trinajstić information content (AvgIpc) is 2.87. The van der Waals surface area contributed by atoms with Gasteiger partial charge in [0.05, 0.1) is 16.8 Å². The maximum Gasteiger partial charge on any atom is 0.251 e. The molecular formula is C24H24FN7O2. The summed E-state index contributed by atoms with van der Waals surface area (Å²) in [6.45, 7) is 2.84. The minimum absolute atomic E-state index is 0.0504. The molecule has 10 heteroatoms. The number of pyridine rings is 1. The largest absolute Gasteiger partial charge is 0.377 e. The second kappa shape index (κ2) is 10.3. The Kier molecular flexibility index (Phi) is 6.98. The van der Waals surface area contributed by atoms with Crippen molar-refractivity contribution in [2.45, 2.75) is 19.4 Å². The van der Waals surface area contributed by atoms with Crippen molar-refractivity contribution >= 4 is 22.6 Å². The van der Waals surface area contributed by atoms with E-state index in [0.29, 0.717) is 36.0 Å². The van der Waals surface area contributed by atoms with Crippen molar-refractivity contribution in [2.75, 3.05) is 26.0 Å². The lowest BCUT2D eigenvalue weighted by Gasteiger charge is -2.17. The molecule has 2 N–H and O–H groups in total. The molecule has 0 bridgehead atoms. The predicted octanol–water partition coefficient (Wildman–Crippen LogP) is 3.34.